The maximum atomic E-state index is 12.0. The Morgan fingerprint density at radius 3 is 2.00 bits per heavy atom. The summed E-state index contributed by atoms with van der Waals surface area (Å²) in [4.78, 5) is 12.0. The third-order valence-corrected chi connectivity index (χ3v) is 3.14. The maximum Gasteiger partial charge on any atom is 0.159 e. The predicted octanol–water partition coefficient (Wildman–Crippen LogP) is 4.26. The normalized spacial score (nSPS) is 11.3. The molecule has 1 heterocycles. The highest BCUT2D eigenvalue weighted by Crippen LogP contribution is 2.23. The number of aryl methyl sites for hydroxylation is 1. The summed E-state index contributed by atoms with van der Waals surface area (Å²) in [5.41, 5.74) is 3.13. The summed E-state index contributed by atoms with van der Waals surface area (Å²) in [7, 11) is 0. The highest BCUT2D eigenvalue weighted by Gasteiger charge is 2.23. The molecule has 110 valence electrons. The lowest BCUT2D eigenvalue weighted by atomic mass is 9.91. The van der Waals surface area contributed by atoms with Gasteiger partial charge in [-0.3, -0.25) is 9.48 Å². The van der Waals surface area contributed by atoms with Crippen molar-refractivity contribution in [3.05, 3.63) is 17.0 Å². The van der Waals surface area contributed by atoms with Crippen LogP contribution in [0.5, 0.6) is 0 Å². The van der Waals surface area contributed by atoms with E-state index in [1.165, 1.54) is 5.56 Å². The molecule has 1 aromatic rings. The largest absolute Gasteiger partial charge is 0.297 e. The molecule has 0 radical (unpaired) electrons. The molecule has 0 N–H and O–H groups in total. The summed E-state index contributed by atoms with van der Waals surface area (Å²) in [6.45, 7) is 18.6. The number of carbonyl (C=O) groups excluding carboxylic acids is 1. The van der Waals surface area contributed by atoms with E-state index in [9.17, 15) is 4.79 Å². The Labute approximate surface area is 118 Å². The first kappa shape index (κ1) is 17.9. The van der Waals surface area contributed by atoms with Crippen LogP contribution in [0.25, 0.3) is 0 Å². The van der Waals surface area contributed by atoms with Gasteiger partial charge in [0.25, 0.3) is 0 Å². The Hall–Kier alpha value is -1.12. The lowest BCUT2D eigenvalue weighted by Crippen LogP contribution is -2.26. The number of rotatable bonds is 3. The molecule has 0 aliphatic heterocycles. The Balaban J connectivity index is 0.00000154. The van der Waals surface area contributed by atoms with E-state index in [-0.39, 0.29) is 11.2 Å². The van der Waals surface area contributed by atoms with Crippen LogP contribution in [0.1, 0.15) is 71.3 Å². The lowest BCUT2D eigenvalue weighted by molar-refractivity contribution is -0.127. The molecule has 19 heavy (non-hydrogen) atoms. The van der Waals surface area contributed by atoms with Gasteiger partial charge in [-0.25, -0.2) is 0 Å². The molecule has 3 heteroatoms. The van der Waals surface area contributed by atoms with Crippen molar-refractivity contribution in [2.75, 3.05) is 0 Å². The topological polar surface area (TPSA) is 34.9 Å². The van der Waals surface area contributed by atoms with Crippen LogP contribution in [0.15, 0.2) is 0 Å². The van der Waals surface area contributed by atoms with Gasteiger partial charge < -0.3 is 0 Å². The Morgan fingerprint density at radius 2 is 1.68 bits per heavy atom. The molecule has 0 saturated heterocycles. The number of nitrogens with zero attached hydrogens (tertiary/aromatic N) is 2. The molecule has 0 bridgehead atoms. The van der Waals surface area contributed by atoms with Gasteiger partial charge in [-0.1, -0.05) is 48.5 Å². The van der Waals surface area contributed by atoms with Crippen LogP contribution in [0.4, 0.5) is 0 Å². The number of carbonyl (C=O) groups is 1. The average molecular weight is 266 g/mol. The Bertz CT molecular complexity index is 423. The fraction of sp³-hybridized carbons (Fsp3) is 0.750. The molecule has 3 nitrogen and oxygen atoms in total. The van der Waals surface area contributed by atoms with Crippen LogP contribution >= 0.6 is 0 Å². The van der Waals surface area contributed by atoms with Gasteiger partial charge in [0.2, 0.25) is 0 Å². The highest BCUT2D eigenvalue weighted by atomic mass is 16.1. The molecule has 0 unspecified atom stereocenters. The minimum atomic E-state index is -0.301. The minimum Gasteiger partial charge on any atom is -0.297 e. The van der Waals surface area contributed by atoms with Crippen molar-refractivity contribution in [3.63, 3.8) is 0 Å². The van der Waals surface area contributed by atoms with Crippen molar-refractivity contribution in [1.29, 1.82) is 0 Å². The maximum absolute atomic E-state index is 12.0. The van der Waals surface area contributed by atoms with Gasteiger partial charge >= 0.3 is 0 Å². The van der Waals surface area contributed by atoms with Crippen molar-refractivity contribution >= 4 is 5.78 Å². The number of hydrogen-bond acceptors (Lipinski definition) is 2. The Kier molecular flexibility index (Phi) is 6.47. The fourth-order valence-electron chi connectivity index (χ4n) is 2.07. The molecule has 0 amide bonds. The summed E-state index contributed by atoms with van der Waals surface area (Å²) in [6.07, 6.45) is 0. The van der Waals surface area contributed by atoms with Crippen LogP contribution in [-0.2, 0) is 11.3 Å². The molecule has 0 aliphatic rings. The van der Waals surface area contributed by atoms with Gasteiger partial charge in [0, 0.05) is 11.1 Å². The summed E-state index contributed by atoms with van der Waals surface area (Å²) in [6, 6.07) is 0. The first-order chi connectivity index (χ1) is 8.64. The first-order valence-electron chi connectivity index (χ1n) is 7.21. The number of aromatic nitrogens is 2. The highest BCUT2D eigenvalue weighted by molar-refractivity contribution is 5.83. The van der Waals surface area contributed by atoms with E-state index in [1.807, 2.05) is 53.1 Å². The summed E-state index contributed by atoms with van der Waals surface area (Å²) < 4.78 is 1.85. The molecule has 0 saturated carbocycles. The zero-order chi connectivity index (χ0) is 15.4. The van der Waals surface area contributed by atoms with E-state index in [1.54, 1.807) is 0 Å². The van der Waals surface area contributed by atoms with E-state index < -0.39 is 0 Å². The third kappa shape index (κ3) is 4.48. The van der Waals surface area contributed by atoms with Crippen molar-refractivity contribution in [1.82, 2.24) is 9.78 Å². The van der Waals surface area contributed by atoms with Crippen molar-refractivity contribution in [2.45, 2.75) is 74.8 Å². The molecule has 0 atom stereocenters. The monoisotopic (exact) mass is 266 g/mol. The summed E-state index contributed by atoms with van der Waals surface area (Å²) >= 11 is 0. The number of Topliss-reactive ketones (excluding diaryl/α,β-unsaturated/α-hetero) is 1. The van der Waals surface area contributed by atoms with Crippen LogP contribution in [0.3, 0.4) is 0 Å². The Morgan fingerprint density at radius 1 is 1.21 bits per heavy atom. The van der Waals surface area contributed by atoms with E-state index in [0.29, 0.717) is 12.5 Å². The second-order valence-corrected chi connectivity index (χ2v) is 6.07. The average Bonchev–Trinajstić information content (AvgIpc) is 2.55. The third-order valence-electron chi connectivity index (χ3n) is 3.14. The first-order valence-corrected chi connectivity index (χ1v) is 7.21. The van der Waals surface area contributed by atoms with E-state index >= 15 is 0 Å². The summed E-state index contributed by atoms with van der Waals surface area (Å²) in [5.74, 6) is 0.673. The number of hydrogen-bond donors (Lipinski definition) is 0. The molecule has 1 aromatic heterocycles. The van der Waals surface area contributed by atoms with E-state index in [4.69, 9.17) is 0 Å². The second-order valence-electron chi connectivity index (χ2n) is 6.07. The molecular formula is C16H30N2O. The lowest BCUT2D eigenvalue weighted by Gasteiger charge is -2.17. The van der Waals surface area contributed by atoms with Gasteiger partial charge in [0.1, 0.15) is 6.54 Å². The van der Waals surface area contributed by atoms with Gasteiger partial charge in [-0.15, -0.1) is 0 Å². The zero-order valence-electron chi connectivity index (χ0n) is 14.1. The van der Waals surface area contributed by atoms with Gasteiger partial charge in [-0.2, -0.15) is 5.10 Å². The second kappa shape index (κ2) is 6.88. The van der Waals surface area contributed by atoms with E-state index in [0.717, 1.165) is 11.4 Å². The van der Waals surface area contributed by atoms with E-state index in [2.05, 4.69) is 18.9 Å². The molecule has 0 aliphatic carbocycles. The standard InChI is InChI=1S/C14H24N2O.C2H6/c1-9(2)13-10(3)15-16(11(13)4)8-12(17)14(5,6)7;1-2/h9H,8H2,1-7H3;1-2H3. The van der Waals surface area contributed by atoms with Gasteiger partial charge in [0.15, 0.2) is 5.78 Å². The molecule has 0 aromatic carbocycles. The van der Waals surface area contributed by atoms with Crippen molar-refractivity contribution in [3.8, 4) is 0 Å². The van der Waals surface area contributed by atoms with Crippen LogP contribution in [-0.4, -0.2) is 15.6 Å². The van der Waals surface area contributed by atoms with Crippen LogP contribution < -0.4 is 0 Å². The van der Waals surface area contributed by atoms with Crippen molar-refractivity contribution in [2.24, 2.45) is 5.41 Å². The number of ketones is 1. The molecule has 1 rings (SSSR count). The zero-order valence-corrected chi connectivity index (χ0v) is 14.1. The minimum absolute atomic E-state index is 0.221. The SMILES string of the molecule is CC.Cc1nn(CC(=O)C(C)(C)C)c(C)c1C(C)C. The predicted molar refractivity (Wildman–Crippen MR) is 81.6 cm³/mol. The fourth-order valence-corrected chi connectivity index (χ4v) is 2.07. The molecule has 0 fully saturated rings. The summed E-state index contributed by atoms with van der Waals surface area (Å²) in [5, 5.41) is 4.48. The quantitative estimate of drug-likeness (QED) is 0.819. The van der Waals surface area contributed by atoms with Crippen LogP contribution in [0.2, 0.25) is 0 Å². The smallest absolute Gasteiger partial charge is 0.159 e. The molecule has 0 spiro atoms. The van der Waals surface area contributed by atoms with Crippen LogP contribution in [0, 0.1) is 19.3 Å². The van der Waals surface area contributed by atoms with Crippen molar-refractivity contribution < 1.29 is 4.79 Å². The van der Waals surface area contributed by atoms with Gasteiger partial charge in [0.05, 0.1) is 5.69 Å². The molecular weight excluding hydrogens is 236 g/mol. The van der Waals surface area contributed by atoms with Gasteiger partial charge in [-0.05, 0) is 25.3 Å².